The van der Waals surface area contributed by atoms with Crippen molar-refractivity contribution in [3.05, 3.63) is 47.8 Å². The lowest BCUT2D eigenvalue weighted by Crippen LogP contribution is -1.96. The van der Waals surface area contributed by atoms with Crippen molar-refractivity contribution < 1.29 is 4.79 Å². The average molecular weight is 266 g/mol. The number of carbonyl (C=O) groups is 1. The summed E-state index contributed by atoms with van der Waals surface area (Å²) in [5, 5.41) is 0. The van der Waals surface area contributed by atoms with Gasteiger partial charge in [-0.2, -0.15) is 0 Å². The van der Waals surface area contributed by atoms with Crippen LogP contribution in [-0.2, 0) is 0 Å². The van der Waals surface area contributed by atoms with E-state index in [1.165, 1.54) is 0 Å². The van der Waals surface area contributed by atoms with Crippen LogP contribution in [0.3, 0.4) is 0 Å². The maximum atomic E-state index is 11.1. The average Bonchev–Trinajstić information content (AvgIpc) is 2.75. The van der Waals surface area contributed by atoms with Gasteiger partial charge < -0.3 is 11.5 Å². The molecule has 0 aliphatic rings. The number of rotatable bonds is 2. The summed E-state index contributed by atoms with van der Waals surface area (Å²) in [7, 11) is 0. The van der Waals surface area contributed by atoms with Gasteiger partial charge in [0.15, 0.2) is 12.1 Å². The van der Waals surface area contributed by atoms with Crippen molar-refractivity contribution in [2.75, 3.05) is 11.5 Å². The molecular weight excluding hydrogens is 252 g/mol. The molecule has 0 bridgehead atoms. The number of hydrogen-bond acceptors (Lipinski definition) is 4. The molecule has 2 heterocycles. The smallest absolute Gasteiger partial charge is 0.170 e. The molecule has 100 valence electrons. The van der Waals surface area contributed by atoms with Gasteiger partial charge in [-0.3, -0.25) is 9.20 Å². The van der Waals surface area contributed by atoms with Crippen LogP contribution in [0.1, 0.15) is 16.1 Å². The van der Waals surface area contributed by atoms with Crippen LogP contribution in [0.4, 0.5) is 11.5 Å². The van der Waals surface area contributed by atoms with Gasteiger partial charge in [-0.25, -0.2) is 4.98 Å². The van der Waals surface area contributed by atoms with Crippen LogP contribution in [0.25, 0.3) is 16.8 Å². The van der Waals surface area contributed by atoms with Gasteiger partial charge in [-0.1, -0.05) is 6.07 Å². The Kier molecular flexibility index (Phi) is 2.68. The van der Waals surface area contributed by atoms with Crippen molar-refractivity contribution in [2.45, 2.75) is 6.92 Å². The zero-order chi connectivity index (χ0) is 14.3. The van der Waals surface area contributed by atoms with E-state index in [1.807, 2.05) is 43.5 Å². The minimum Gasteiger partial charge on any atom is -0.399 e. The Hall–Kier alpha value is -2.82. The minimum atomic E-state index is 0.237. The number of nitrogens with two attached hydrogens (primary N) is 2. The Morgan fingerprint density at radius 1 is 1.20 bits per heavy atom. The fourth-order valence-corrected chi connectivity index (χ4v) is 2.31. The van der Waals surface area contributed by atoms with E-state index >= 15 is 0 Å². The summed E-state index contributed by atoms with van der Waals surface area (Å²) in [5.41, 5.74) is 16.4. The first-order valence-electron chi connectivity index (χ1n) is 6.19. The van der Waals surface area contributed by atoms with Crippen LogP contribution < -0.4 is 11.5 Å². The van der Waals surface area contributed by atoms with Gasteiger partial charge in [0.2, 0.25) is 0 Å². The molecule has 0 atom stereocenters. The number of nitrogen functional groups attached to an aromatic ring is 2. The number of aryl methyl sites for hydroxylation is 1. The van der Waals surface area contributed by atoms with Gasteiger partial charge in [-0.05, 0) is 47.9 Å². The van der Waals surface area contributed by atoms with Crippen molar-refractivity contribution in [1.82, 2.24) is 9.38 Å². The van der Waals surface area contributed by atoms with Crippen LogP contribution >= 0.6 is 0 Å². The number of carbonyl (C=O) groups excluding carboxylic acids is 1. The van der Waals surface area contributed by atoms with Crippen LogP contribution in [0.5, 0.6) is 0 Å². The number of imidazole rings is 1. The van der Waals surface area contributed by atoms with E-state index in [0.717, 1.165) is 16.7 Å². The third-order valence-electron chi connectivity index (χ3n) is 3.37. The monoisotopic (exact) mass is 266 g/mol. The largest absolute Gasteiger partial charge is 0.399 e. The lowest BCUT2D eigenvalue weighted by Gasteiger charge is -2.08. The molecule has 5 nitrogen and oxygen atoms in total. The second-order valence-corrected chi connectivity index (χ2v) is 4.72. The van der Waals surface area contributed by atoms with Gasteiger partial charge in [0, 0.05) is 11.9 Å². The van der Waals surface area contributed by atoms with E-state index in [1.54, 1.807) is 4.40 Å². The lowest BCUT2D eigenvalue weighted by molar-refractivity contribution is 0.111. The van der Waals surface area contributed by atoms with Crippen molar-refractivity contribution >= 4 is 23.4 Å². The molecule has 0 radical (unpaired) electrons. The molecule has 5 heteroatoms. The fourth-order valence-electron chi connectivity index (χ4n) is 2.31. The van der Waals surface area contributed by atoms with Crippen molar-refractivity contribution in [3.63, 3.8) is 0 Å². The third-order valence-corrected chi connectivity index (χ3v) is 3.37. The van der Waals surface area contributed by atoms with Gasteiger partial charge >= 0.3 is 0 Å². The van der Waals surface area contributed by atoms with Gasteiger partial charge in [0.1, 0.15) is 11.3 Å². The van der Waals surface area contributed by atoms with Crippen LogP contribution in [0.2, 0.25) is 0 Å². The maximum Gasteiger partial charge on any atom is 0.170 e. The SMILES string of the molecule is Cc1ccc(N)cc1-c1ccc2nc(N)c(C=O)n2c1. The van der Waals surface area contributed by atoms with Crippen molar-refractivity contribution in [1.29, 1.82) is 0 Å². The molecule has 20 heavy (non-hydrogen) atoms. The van der Waals surface area contributed by atoms with E-state index in [-0.39, 0.29) is 5.82 Å². The molecule has 0 saturated carbocycles. The summed E-state index contributed by atoms with van der Waals surface area (Å²) in [6.45, 7) is 2.02. The molecule has 0 aliphatic carbocycles. The molecule has 3 rings (SSSR count). The Labute approximate surface area is 115 Å². The molecule has 1 aromatic carbocycles. The highest BCUT2D eigenvalue weighted by molar-refractivity contribution is 5.83. The first-order chi connectivity index (χ1) is 9.60. The number of benzene rings is 1. The predicted molar refractivity (Wildman–Crippen MR) is 79.6 cm³/mol. The normalized spacial score (nSPS) is 10.8. The van der Waals surface area contributed by atoms with Crippen molar-refractivity contribution in [2.24, 2.45) is 0 Å². The topological polar surface area (TPSA) is 86.4 Å². The maximum absolute atomic E-state index is 11.1. The highest BCUT2D eigenvalue weighted by Gasteiger charge is 2.10. The predicted octanol–water partition coefficient (Wildman–Crippen LogP) is 2.29. The Balaban J connectivity index is 2.27. The van der Waals surface area contributed by atoms with Crippen LogP contribution in [0.15, 0.2) is 36.5 Å². The fraction of sp³-hybridized carbons (Fsp3) is 0.0667. The summed E-state index contributed by atoms with van der Waals surface area (Å²) >= 11 is 0. The second-order valence-electron chi connectivity index (χ2n) is 4.72. The number of fused-ring (bicyclic) bond motifs is 1. The Morgan fingerprint density at radius 3 is 2.75 bits per heavy atom. The third kappa shape index (κ3) is 1.80. The number of hydrogen-bond donors (Lipinski definition) is 2. The zero-order valence-electron chi connectivity index (χ0n) is 11.0. The summed E-state index contributed by atoms with van der Waals surface area (Å²) in [4.78, 5) is 15.3. The van der Waals surface area contributed by atoms with Gasteiger partial charge in [0.05, 0.1) is 0 Å². The summed E-state index contributed by atoms with van der Waals surface area (Å²) in [5.74, 6) is 0.237. The van der Waals surface area contributed by atoms with Crippen LogP contribution in [0, 0.1) is 6.92 Å². The molecule has 2 aromatic heterocycles. The van der Waals surface area contributed by atoms with E-state index in [2.05, 4.69) is 4.98 Å². The van der Waals surface area contributed by atoms with E-state index < -0.39 is 0 Å². The molecule has 0 saturated heterocycles. The van der Waals surface area contributed by atoms with Gasteiger partial charge in [-0.15, -0.1) is 0 Å². The first-order valence-corrected chi connectivity index (χ1v) is 6.19. The van der Waals surface area contributed by atoms with Crippen molar-refractivity contribution in [3.8, 4) is 11.1 Å². The summed E-state index contributed by atoms with van der Waals surface area (Å²) in [6, 6.07) is 9.53. The number of aldehydes is 1. The van der Waals surface area contributed by atoms with E-state index in [4.69, 9.17) is 11.5 Å². The van der Waals surface area contributed by atoms with Gasteiger partial charge in [0.25, 0.3) is 0 Å². The quantitative estimate of drug-likeness (QED) is 0.550. The number of pyridine rings is 1. The first kappa shape index (κ1) is 12.2. The number of nitrogens with zero attached hydrogens (tertiary/aromatic N) is 2. The minimum absolute atomic E-state index is 0.237. The molecule has 3 aromatic rings. The summed E-state index contributed by atoms with van der Waals surface area (Å²) in [6.07, 6.45) is 2.57. The molecule has 0 fully saturated rings. The highest BCUT2D eigenvalue weighted by atomic mass is 16.1. The Bertz CT molecular complexity index is 820. The van der Waals surface area contributed by atoms with E-state index in [9.17, 15) is 4.79 Å². The van der Waals surface area contributed by atoms with E-state index in [0.29, 0.717) is 23.3 Å². The molecule has 0 unspecified atom stereocenters. The standard InChI is InChI=1S/C15H14N4O/c1-9-2-4-11(16)6-12(9)10-3-5-14-18-15(17)13(8-20)19(14)7-10/h2-8H,16-17H2,1H3. The molecule has 0 amide bonds. The van der Waals surface area contributed by atoms with Crippen LogP contribution in [-0.4, -0.2) is 15.7 Å². The second kappa shape index (κ2) is 4.38. The number of anilines is 2. The number of aromatic nitrogens is 2. The zero-order valence-corrected chi connectivity index (χ0v) is 11.0. The molecule has 0 aliphatic heterocycles. The summed E-state index contributed by atoms with van der Waals surface area (Å²) < 4.78 is 1.69. The molecular formula is C15H14N4O. The Morgan fingerprint density at radius 2 is 2.00 bits per heavy atom. The molecule has 4 N–H and O–H groups in total. The highest BCUT2D eigenvalue weighted by Crippen LogP contribution is 2.27. The molecule has 0 spiro atoms. The lowest BCUT2D eigenvalue weighted by atomic mass is 10.0.